The molecule has 0 amide bonds. The Morgan fingerprint density at radius 2 is 1.44 bits per heavy atom. The molecule has 2 aromatic carbocycles. The number of rotatable bonds is 12. The average Bonchev–Trinajstić information content (AvgIpc) is 2.83. The van der Waals surface area contributed by atoms with Gasteiger partial charge in [-0.05, 0) is 54.0 Å². The molecular formula is C30H40FN. The summed E-state index contributed by atoms with van der Waals surface area (Å²) in [5, 5.41) is 8.93. The third kappa shape index (κ3) is 7.77. The largest absolute Gasteiger partial charge is 0.206 e. The van der Waals surface area contributed by atoms with Crippen molar-refractivity contribution < 1.29 is 4.39 Å². The highest BCUT2D eigenvalue weighted by Crippen LogP contribution is 2.34. The standard InChI is InChI=1S/C30H40FN/c1-2-3-4-5-6-7-8-9-24-10-12-25(13-11-24)14-15-26-18-21-29(30(31)22-26)28-19-16-27(23-32)17-20-28/h16-22,24-25H,2-15H2,1H3. The highest BCUT2D eigenvalue weighted by atomic mass is 19.1. The van der Waals surface area contributed by atoms with Crippen molar-refractivity contribution in [3.8, 4) is 17.2 Å². The van der Waals surface area contributed by atoms with E-state index >= 15 is 0 Å². The third-order valence-corrected chi connectivity index (χ3v) is 7.38. The van der Waals surface area contributed by atoms with Crippen LogP contribution >= 0.6 is 0 Å². The minimum Gasteiger partial charge on any atom is -0.206 e. The molecule has 0 saturated heterocycles. The van der Waals surface area contributed by atoms with Crippen LogP contribution in [0.15, 0.2) is 42.5 Å². The second-order valence-corrected chi connectivity index (χ2v) is 9.84. The molecule has 0 aromatic heterocycles. The molecular weight excluding hydrogens is 393 g/mol. The number of nitriles is 1. The molecule has 172 valence electrons. The Hall–Kier alpha value is -2.14. The molecule has 2 heteroatoms. The van der Waals surface area contributed by atoms with E-state index in [0.717, 1.165) is 29.4 Å². The van der Waals surface area contributed by atoms with Crippen molar-refractivity contribution in [2.24, 2.45) is 11.8 Å². The molecule has 0 radical (unpaired) electrons. The van der Waals surface area contributed by atoms with Crippen molar-refractivity contribution in [2.75, 3.05) is 0 Å². The lowest BCUT2D eigenvalue weighted by Crippen LogP contribution is -2.15. The van der Waals surface area contributed by atoms with Gasteiger partial charge in [0.15, 0.2) is 0 Å². The van der Waals surface area contributed by atoms with Crippen LogP contribution in [-0.2, 0) is 6.42 Å². The van der Waals surface area contributed by atoms with Gasteiger partial charge in [0, 0.05) is 5.56 Å². The van der Waals surface area contributed by atoms with Crippen molar-refractivity contribution in [1.82, 2.24) is 0 Å². The number of nitrogens with zero attached hydrogens (tertiary/aromatic N) is 1. The first kappa shape index (κ1) is 24.5. The quantitative estimate of drug-likeness (QED) is 0.306. The van der Waals surface area contributed by atoms with Gasteiger partial charge in [-0.25, -0.2) is 4.39 Å². The number of hydrogen-bond acceptors (Lipinski definition) is 1. The number of halogens is 1. The molecule has 0 spiro atoms. The minimum atomic E-state index is -0.161. The molecule has 0 unspecified atom stereocenters. The van der Waals surface area contributed by atoms with Crippen LogP contribution < -0.4 is 0 Å². The monoisotopic (exact) mass is 433 g/mol. The third-order valence-electron chi connectivity index (χ3n) is 7.38. The zero-order valence-corrected chi connectivity index (χ0v) is 19.9. The van der Waals surface area contributed by atoms with Crippen LogP contribution in [0.5, 0.6) is 0 Å². The van der Waals surface area contributed by atoms with Gasteiger partial charge in [0.25, 0.3) is 0 Å². The van der Waals surface area contributed by atoms with E-state index in [-0.39, 0.29) is 5.82 Å². The molecule has 0 bridgehead atoms. The summed E-state index contributed by atoms with van der Waals surface area (Å²) in [6.07, 6.45) is 18.9. The first-order chi connectivity index (χ1) is 15.7. The second-order valence-electron chi connectivity index (χ2n) is 9.84. The van der Waals surface area contributed by atoms with E-state index in [4.69, 9.17) is 5.26 Å². The summed E-state index contributed by atoms with van der Waals surface area (Å²) >= 11 is 0. The Kier molecular flexibility index (Phi) is 10.3. The summed E-state index contributed by atoms with van der Waals surface area (Å²) in [6.45, 7) is 2.28. The summed E-state index contributed by atoms with van der Waals surface area (Å²) in [5.74, 6) is 1.60. The van der Waals surface area contributed by atoms with Crippen molar-refractivity contribution in [3.63, 3.8) is 0 Å². The molecule has 0 N–H and O–H groups in total. The van der Waals surface area contributed by atoms with Gasteiger partial charge in [-0.1, -0.05) is 108 Å². The lowest BCUT2D eigenvalue weighted by molar-refractivity contribution is 0.248. The first-order valence-corrected chi connectivity index (χ1v) is 13.0. The van der Waals surface area contributed by atoms with Crippen LogP contribution in [0.4, 0.5) is 4.39 Å². The van der Waals surface area contributed by atoms with Crippen LogP contribution in [0, 0.1) is 29.0 Å². The lowest BCUT2D eigenvalue weighted by Gasteiger charge is -2.28. The number of aryl methyl sites for hydroxylation is 1. The molecule has 3 rings (SSSR count). The van der Waals surface area contributed by atoms with E-state index in [2.05, 4.69) is 19.1 Å². The average molecular weight is 434 g/mol. The summed E-state index contributed by atoms with van der Waals surface area (Å²) in [7, 11) is 0. The second kappa shape index (κ2) is 13.4. The van der Waals surface area contributed by atoms with Gasteiger partial charge < -0.3 is 0 Å². The molecule has 2 aromatic rings. The van der Waals surface area contributed by atoms with Crippen LogP contribution in [0.3, 0.4) is 0 Å². The summed E-state index contributed by atoms with van der Waals surface area (Å²) in [4.78, 5) is 0. The van der Waals surface area contributed by atoms with E-state index in [1.54, 1.807) is 18.2 Å². The van der Waals surface area contributed by atoms with Crippen LogP contribution in [0.2, 0.25) is 0 Å². The lowest BCUT2D eigenvalue weighted by atomic mass is 9.77. The van der Waals surface area contributed by atoms with Gasteiger partial charge in [-0.15, -0.1) is 0 Å². The fraction of sp³-hybridized carbons (Fsp3) is 0.567. The van der Waals surface area contributed by atoms with E-state index < -0.39 is 0 Å². The highest BCUT2D eigenvalue weighted by molar-refractivity contribution is 5.65. The minimum absolute atomic E-state index is 0.161. The highest BCUT2D eigenvalue weighted by Gasteiger charge is 2.20. The number of benzene rings is 2. The predicted octanol–water partition coefficient (Wildman–Crippen LogP) is 9.24. The fourth-order valence-corrected chi connectivity index (χ4v) is 5.24. The van der Waals surface area contributed by atoms with Gasteiger partial charge in [0.2, 0.25) is 0 Å². The maximum absolute atomic E-state index is 14.7. The van der Waals surface area contributed by atoms with Crippen molar-refractivity contribution in [3.05, 3.63) is 59.4 Å². The smallest absolute Gasteiger partial charge is 0.131 e. The van der Waals surface area contributed by atoms with E-state index in [9.17, 15) is 4.39 Å². The van der Waals surface area contributed by atoms with E-state index in [1.165, 1.54) is 83.5 Å². The van der Waals surface area contributed by atoms with E-state index in [1.807, 2.05) is 18.2 Å². The van der Waals surface area contributed by atoms with E-state index in [0.29, 0.717) is 11.1 Å². The van der Waals surface area contributed by atoms with Gasteiger partial charge in [0.1, 0.15) is 5.82 Å². The SMILES string of the molecule is CCCCCCCCCC1CCC(CCc2ccc(-c3ccc(C#N)cc3)c(F)c2)CC1. The zero-order valence-electron chi connectivity index (χ0n) is 19.9. The molecule has 0 heterocycles. The maximum Gasteiger partial charge on any atom is 0.131 e. The van der Waals surface area contributed by atoms with Crippen molar-refractivity contribution in [1.29, 1.82) is 5.26 Å². The molecule has 0 aliphatic heterocycles. The Labute approximate surface area is 195 Å². The van der Waals surface area contributed by atoms with Crippen LogP contribution in [0.1, 0.15) is 102 Å². The first-order valence-electron chi connectivity index (χ1n) is 13.0. The predicted molar refractivity (Wildman–Crippen MR) is 133 cm³/mol. The number of hydrogen-bond donors (Lipinski definition) is 0. The van der Waals surface area contributed by atoms with Crippen molar-refractivity contribution in [2.45, 2.75) is 96.8 Å². The van der Waals surface area contributed by atoms with Crippen molar-refractivity contribution >= 4 is 0 Å². The summed E-state index contributed by atoms with van der Waals surface area (Å²) in [5.41, 5.74) is 3.14. The van der Waals surface area contributed by atoms with Gasteiger partial charge >= 0.3 is 0 Å². The Morgan fingerprint density at radius 3 is 2.06 bits per heavy atom. The Morgan fingerprint density at radius 1 is 0.812 bits per heavy atom. The molecule has 0 atom stereocenters. The molecule has 1 saturated carbocycles. The molecule has 1 aliphatic carbocycles. The molecule has 32 heavy (non-hydrogen) atoms. The normalized spacial score (nSPS) is 18.4. The zero-order chi connectivity index (χ0) is 22.6. The summed E-state index contributed by atoms with van der Waals surface area (Å²) in [6, 6.07) is 14.9. The van der Waals surface area contributed by atoms with Gasteiger partial charge in [-0.2, -0.15) is 5.26 Å². The van der Waals surface area contributed by atoms with Gasteiger partial charge in [-0.3, -0.25) is 0 Å². The fourth-order valence-electron chi connectivity index (χ4n) is 5.24. The molecule has 1 fully saturated rings. The Balaban J connectivity index is 1.36. The molecule has 1 aliphatic rings. The van der Waals surface area contributed by atoms with Crippen LogP contribution in [0.25, 0.3) is 11.1 Å². The van der Waals surface area contributed by atoms with Crippen LogP contribution in [-0.4, -0.2) is 0 Å². The summed E-state index contributed by atoms with van der Waals surface area (Å²) < 4.78 is 14.7. The maximum atomic E-state index is 14.7. The molecule has 1 nitrogen and oxygen atoms in total. The topological polar surface area (TPSA) is 23.8 Å². The Bertz CT molecular complexity index is 840. The van der Waals surface area contributed by atoms with Gasteiger partial charge in [0.05, 0.1) is 11.6 Å². The number of unbranched alkanes of at least 4 members (excludes halogenated alkanes) is 6.